The van der Waals surface area contributed by atoms with Gasteiger partial charge in [0, 0.05) is 29.2 Å². The van der Waals surface area contributed by atoms with Crippen molar-refractivity contribution in [3.05, 3.63) is 53.3 Å². The first-order valence-electron chi connectivity index (χ1n) is 6.61. The molecule has 0 saturated carbocycles. The minimum Gasteiger partial charge on any atom is -0.364 e. The maximum absolute atomic E-state index is 12.4. The zero-order valence-corrected chi connectivity index (χ0v) is 11.7. The first kappa shape index (κ1) is 13.4. The molecular weight excluding hydrogens is 236 g/mol. The van der Waals surface area contributed by atoms with Gasteiger partial charge in [-0.05, 0) is 39.0 Å². The van der Waals surface area contributed by atoms with E-state index in [1.807, 2.05) is 50.2 Å². The number of aromatic amines is 1. The largest absolute Gasteiger partial charge is 0.364 e. The molecule has 3 heteroatoms. The highest BCUT2D eigenvalue weighted by Gasteiger charge is 2.15. The van der Waals surface area contributed by atoms with E-state index in [9.17, 15) is 4.79 Å². The molecule has 0 spiro atoms. The predicted molar refractivity (Wildman–Crippen MR) is 78.9 cm³/mol. The zero-order valence-electron chi connectivity index (χ0n) is 11.7. The Morgan fingerprint density at radius 3 is 2.42 bits per heavy atom. The van der Waals surface area contributed by atoms with Gasteiger partial charge in [0.1, 0.15) is 0 Å². The molecule has 1 aromatic carbocycles. The fraction of sp³-hybridized carbons (Fsp3) is 0.312. The molecule has 0 aliphatic heterocycles. The zero-order chi connectivity index (χ0) is 13.8. The summed E-state index contributed by atoms with van der Waals surface area (Å²) in [5.41, 5.74) is 3.87. The van der Waals surface area contributed by atoms with Crippen molar-refractivity contribution in [2.24, 2.45) is 0 Å². The molecule has 0 radical (unpaired) electrons. The Morgan fingerprint density at radius 1 is 1.21 bits per heavy atom. The Hall–Kier alpha value is -2.03. The Morgan fingerprint density at radius 2 is 1.89 bits per heavy atom. The van der Waals surface area contributed by atoms with Crippen molar-refractivity contribution < 1.29 is 4.79 Å². The maximum Gasteiger partial charge on any atom is 0.183 e. The van der Waals surface area contributed by atoms with Crippen molar-refractivity contribution in [1.29, 1.82) is 0 Å². The summed E-state index contributed by atoms with van der Waals surface area (Å²) in [7, 11) is 0. The molecule has 0 unspecified atom stereocenters. The van der Waals surface area contributed by atoms with Crippen LogP contribution in [-0.2, 0) is 0 Å². The van der Waals surface area contributed by atoms with Gasteiger partial charge in [0.2, 0.25) is 0 Å². The summed E-state index contributed by atoms with van der Waals surface area (Å²) in [6.45, 7) is 7.21. The van der Waals surface area contributed by atoms with Crippen LogP contribution in [0.4, 0.5) is 5.69 Å². The summed E-state index contributed by atoms with van der Waals surface area (Å²) >= 11 is 0. The average Bonchev–Trinajstić information content (AvgIpc) is 2.76. The van der Waals surface area contributed by atoms with Crippen LogP contribution >= 0.6 is 0 Å². The number of anilines is 1. The topological polar surface area (TPSA) is 36.1 Å². The number of likely N-dealkylation sites (N-methyl/N-ethyl adjacent to an activating group) is 1. The molecule has 1 heterocycles. The molecule has 0 saturated heterocycles. The maximum atomic E-state index is 12.4. The molecule has 0 amide bonds. The number of nitrogens with zero attached hydrogens (tertiary/aromatic N) is 1. The van der Waals surface area contributed by atoms with Gasteiger partial charge in [-0.2, -0.15) is 0 Å². The van der Waals surface area contributed by atoms with Gasteiger partial charge in [0.15, 0.2) is 5.78 Å². The molecule has 100 valence electrons. The van der Waals surface area contributed by atoms with Crippen LogP contribution in [0.1, 0.15) is 28.7 Å². The van der Waals surface area contributed by atoms with Crippen LogP contribution in [0.2, 0.25) is 0 Å². The van der Waals surface area contributed by atoms with Gasteiger partial charge in [-0.25, -0.2) is 0 Å². The fourth-order valence-corrected chi connectivity index (χ4v) is 2.30. The third-order valence-electron chi connectivity index (χ3n) is 3.29. The molecule has 2 aromatic rings. The summed E-state index contributed by atoms with van der Waals surface area (Å²) in [5, 5.41) is 0. The molecule has 1 aromatic heterocycles. The van der Waals surface area contributed by atoms with Crippen LogP contribution in [0.25, 0.3) is 0 Å². The second kappa shape index (κ2) is 5.74. The first-order valence-corrected chi connectivity index (χ1v) is 6.61. The van der Waals surface area contributed by atoms with E-state index in [4.69, 9.17) is 0 Å². The van der Waals surface area contributed by atoms with Gasteiger partial charge >= 0.3 is 0 Å². The third kappa shape index (κ3) is 3.05. The van der Waals surface area contributed by atoms with Crippen molar-refractivity contribution in [3.63, 3.8) is 0 Å². The molecule has 19 heavy (non-hydrogen) atoms. The van der Waals surface area contributed by atoms with Crippen molar-refractivity contribution in [1.82, 2.24) is 4.98 Å². The van der Waals surface area contributed by atoms with Crippen LogP contribution in [0, 0.1) is 13.8 Å². The number of H-pyrrole nitrogens is 1. The lowest BCUT2D eigenvalue weighted by Crippen LogP contribution is -2.29. The number of hydrogen-bond donors (Lipinski definition) is 1. The number of ketones is 1. The quantitative estimate of drug-likeness (QED) is 0.833. The van der Waals surface area contributed by atoms with E-state index in [1.54, 1.807) is 0 Å². The van der Waals surface area contributed by atoms with E-state index >= 15 is 0 Å². The second-order valence-corrected chi connectivity index (χ2v) is 4.76. The first-order chi connectivity index (χ1) is 9.11. The molecule has 0 bridgehead atoms. The number of aryl methyl sites for hydroxylation is 2. The lowest BCUT2D eigenvalue weighted by molar-refractivity contribution is 0.0999. The second-order valence-electron chi connectivity index (χ2n) is 4.76. The molecule has 3 nitrogen and oxygen atoms in total. The molecule has 0 atom stereocenters. The van der Waals surface area contributed by atoms with Gasteiger partial charge in [0.05, 0.1) is 6.54 Å². The van der Waals surface area contributed by atoms with E-state index in [0.717, 1.165) is 29.2 Å². The Balaban J connectivity index is 2.15. The Labute approximate surface area is 114 Å². The smallest absolute Gasteiger partial charge is 0.183 e. The number of Topliss-reactive ketones (excluding diaryl/α,β-unsaturated/α-hetero) is 1. The van der Waals surface area contributed by atoms with Crippen molar-refractivity contribution in [2.75, 3.05) is 18.0 Å². The lowest BCUT2D eigenvalue weighted by atomic mass is 10.1. The monoisotopic (exact) mass is 256 g/mol. The van der Waals surface area contributed by atoms with E-state index in [1.165, 1.54) is 0 Å². The number of carbonyl (C=O) groups excluding carboxylic acids is 1. The number of benzene rings is 1. The van der Waals surface area contributed by atoms with Crippen molar-refractivity contribution in [3.8, 4) is 0 Å². The van der Waals surface area contributed by atoms with Gasteiger partial charge in [0.25, 0.3) is 0 Å². The van der Waals surface area contributed by atoms with Crippen LogP contribution in [0.3, 0.4) is 0 Å². The van der Waals surface area contributed by atoms with Crippen molar-refractivity contribution in [2.45, 2.75) is 20.8 Å². The van der Waals surface area contributed by atoms with Crippen LogP contribution in [0.15, 0.2) is 36.4 Å². The molecule has 2 rings (SSSR count). The summed E-state index contributed by atoms with van der Waals surface area (Å²) < 4.78 is 0. The highest BCUT2D eigenvalue weighted by atomic mass is 16.1. The number of carbonyl (C=O) groups is 1. The number of nitrogens with one attached hydrogen (secondary N) is 1. The van der Waals surface area contributed by atoms with Crippen molar-refractivity contribution >= 4 is 11.5 Å². The molecule has 1 N–H and O–H groups in total. The third-order valence-corrected chi connectivity index (χ3v) is 3.29. The van der Waals surface area contributed by atoms with Gasteiger partial charge < -0.3 is 9.88 Å². The molecule has 0 aliphatic rings. The Bertz CT molecular complexity index is 557. The number of hydrogen-bond acceptors (Lipinski definition) is 2. The van der Waals surface area contributed by atoms with Crippen LogP contribution < -0.4 is 4.90 Å². The van der Waals surface area contributed by atoms with E-state index in [-0.39, 0.29) is 5.78 Å². The van der Waals surface area contributed by atoms with E-state index in [0.29, 0.717) is 6.54 Å². The standard InChI is InChI=1S/C16H20N2O/c1-4-18(14-8-6-5-7-9-14)11-16(19)15-10-12(2)17-13(15)3/h5-10,17H,4,11H2,1-3H3. The molecule has 0 aliphatic carbocycles. The number of para-hydroxylation sites is 1. The minimum atomic E-state index is 0.160. The average molecular weight is 256 g/mol. The summed E-state index contributed by atoms with van der Waals surface area (Å²) in [6.07, 6.45) is 0. The normalized spacial score (nSPS) is 10.5. The van der Waals surface area contributed by atoms with Crippen LogP contribution in [-0.4, -0.2) is 23.9 Å². The van der Waals surface area contributed by atoms with Crippen LogP contribution in [0.5, 0.6) is 0 Å². The molecular formula is C16H20N2O. The van der Waals surface area contributed by atoms with Gasteiger partial charge in [-0.15, -0.1) is 0 Å². The summed E-state index contributed by atoms with van der Waals surface area (Å²) in [6, 6.07) is 12.0. The predicted octanol–water partition coefficient (Wildman–Crippen LogP) is 3.34. The summed E-state index contributed by atoms with van der Waals surface area (Å²) in [4.78, 5) is 17.6. The fourth-order valence-electron chi connectivity index (χ4n) is 2.30. The minimum absolute atomic E-state index is 0.160. The lowest BCUT2D eigenvalue weighted by Gasteiger charge is -2.22. The van der Waals surface area contributed by atoms with Gasteiger partial charge in [-0.3, -0.25) is 4.79 Å². The van der Waals surface area contributed by atoms with E-state index in [2.05, 4.69) is 16.8 Å². The SMILES string of the molecule is CCN(CC(=O)c1cc(C)[nH]c1C)c1ccccc1. The van der Waals surface area contributed by atoms with Gasteiger partial charge in [-0.1, -0.05) is 18.2 Å². The Kier molecular flexibility index (Phi) is 4.05. The highest BCUT2D eigenvalue weighted by molar-refractivity contribution is 6.00. The van der Waals surface area contributed by atoms with E-state index < -0.39 is 0 Å². The summed E-state index contributed by atoms with van der Waals surface area (Å²) in [5.74, 6) is 0.160. The molecule has 0 fully saturated rings. The number of aromatic nitrogens is 1. The highest BCUT2D eigenvalue weighted by Crippen LogP contribution is 2.16. The number of rotatable bonds is 5.